The highest BCUT2D eigenvalue weighted by atomic mass is 79.9. The molecule has 0 bridgehead atoms. The molecule has 1 aromatic carbocycles. The number of hydrogen-bond donors (Lipinski definition) is 0. The van der Waals surface area contributed by atoms with E-state index < -0.39 is 0 Å². The van der Waals surface area contributed by atoms with Crippen molar-refractivity contribution < 1.29 is 0 Å². The first-order chi connectivity index (χ1) is 4.83. The van der Waals surface area contributed by atoms with E-state index in [0.29, 0.717) is 0 Å². The van der Waals surface area contributed by atoms with Gasteiger partial charge in [-0.3, -0.25) is 0 Å². The number of halogens is 1. The summed E-state index contributed by atoms with van der Waals surface area (Å²) in [4.78, 5) is 0. The van der Waals surface area contributed by atoms with Gasteiger partial charge in [-0.1, -0.05) is 28.1 Å². The Balaban J connectivity index is 2.84. The molecule has 0 aliphatic rings. The van der Waals surface area contributed by atoms with Gasteiger partial charge in [0.2, 0.25) is 0 Å². The lowest BCUT2D eigenvalue weighted by molar-refractivity contribution is 1.26. The van der Waals surface area contributed by atoms with Crippen molar-refractivity contribution in [1.82, 2.24) is 0 Å². The highest BCUT2D eigenvalue weighted by Crippen LogP contribution is 2.11. The fourth-order valence-electron chi connectivity index (χ4n) is 0.758. The van der Waals surface area contributed by atoms with E-state index in [4.69, 9.17) is 0 Å². The van der Waals surface area contributed by atoms with Gasteiger partial charge in [-0.05, 0) is 30.2 Å². The first kappa shape index (κ1) is 7.55. The van der Waals surface area contributed by atoms with Gasteiger partial charge in [0.05, 0.1) is 0 Å². The van der Waals surface area contributed by atoms with E-state index >= 15 is 0 Å². The minimum absolute atomic E-state index is 0.888. The van der Waals surface area contributed by atoms with Crippen LogP contribution in [0.4, 0.5) is 0 Å². The minimum Gasteiger partial charge on any atom is -0.103 e. The Morgan fingerprint density at radius 2 is 2.50 bits per heavy atom. The third kappa shape index (κ3) is 1.99. The number of benzene rings is 1. The van der Waals surface area contributed by atoms with E-state index in [1.807, 2.05) is 24.3 Å². The summed E-state index contributed by atoms with van der Waals surface area (Å²) in [6.45, 7) is 3.65. The predicted molar refractivity (Wildman–Crippen MR) is 46.9 cm³/mol. The van der Waals surface area contributed by atoms with Gasteiger partial charge >= 0.3 is 0 Å². The number of rotatable bonds is 2. The maximum Gasteiger partial charge on any atom is 0.0178 e. The van der Waals surface area contributed by atoms with Gasteiger partial charge in [0.1, 0.15) is 0 Å². The topological polar surface area (TPSA) is 0 Å². The Hall–Kier alpha value is -0.560. The summed E-state index contributed by atoms with van der Waals surface area (Å²) >= 11 is 3.38. The Morgan fingerprint density at radius 3 is 3.10 bits per heavy atom. The third-order valence-electron chi connectivity index (χ3n) is 1.19. The highest BCUT2D eigenvalue weighted by Gasteiger charge is 1.89. The molecule has 10 heavy (non-hydrogen) atoms. The van der Waals surface area contributed by atoms with Crippen molar-refractivity contribution in [3.63, 3.8) is 0 Å². The Morgan fingerprint density at radius 1 is 1.70 bits per heavy atom. The van der Waals surface area contributed by atoms with Crippen LogP contribution in [0.1, 0.15) is 5.56 Å². The van der Waals surface area contributed by atoms with Gasteiger partial charge in [0.25, 0.3) is 0 Å². The van der Waals surface area contributed by atoms with Crippen LogP contribution < -0.4 is 0 Å². The predicted octanol–water partition coefficient (Wildman–Crippen LogP) is 2.98. The van der Waals surface area contributed by atoms with Gasteiger partial charge in [0, 0.05) is 4.47 Å². The second kappa shape index (κ2) is 3.57. The molecular weight excluding hydrogens is 188 g/mol. The normalized spacial score (nSPS) is 9.30. The number of allylic oxidation sites excluding steroid dienone is 1. The fraction of sp³-hybridized carbons (Fsp3) is 0.111. The lowest BCUT2D eigenvalue weighted by Crippen LogP contribution is -1.78. The van der Waals surface area contributed by atoms with E-state index in [0.717, 1.165) is 10.9 Å². The van der Waals surface area contributed by atoms with Crippen LogP contribution in [0.5, 0.6) is 0 Å². The fourth-order valence-corrected chi connectivity index (χ4v) is 1.17. The van der Waals surface area contributed by atoms with Crippen molar-refractivity contribution in [2.75, 3.05) is 0 Å². The van der Waals surface area contributed by atoms with Gasteiger partial charge in [-0.15, -0.1) is 6.58 Å². The molecule has 0 saturated heterocycles. The zero-order valence-electron chi connectivity index (χ0n) is 5.60. The second-order valence-electron chi connectivity index (χ2n) is 2.02. The van der Waals surface area contributed by atoms with Crippen LogP contribution in [0.2, 0.25) is 0 Å². The van der Waals surface area contributed by atoms with Crippen molar-refractivity contribution >= 4 is 15.9 Å². The van der Waals surface area contributed by atoms with Crippen LogP contribution in [0.3, 0.4) is 0 Å². The monoisotopic (exact) mass is 195 g/mol. The van der Waals surface area contributed by atoms with E-state index in [1.54, 1.807) is 0 Å². The largest absolute Gasteiger partial charge is 0.103 e. The second-order valence-corrected chi connectivity index (χ2v) is 2.94. The van der Waals surface area contributed by atoms with Crippen LogP contribution in [0, 0.1) is 6.07 Å². The third-order valence-corrected chi connectivity index (χ3v) is 1.68. The van der Waals surface area contributed by atoms with E-state index in [-0.39, 0.29) is 0 Å². The maximum absolute atomic E-state index is 3.65. The van der Waals surface area contributed by atoms with Crippen molar-refractivity contribution in [2.45, 2.75) is 6.42 Å². The lowest BCUT2D eigenvalue weighted by atomic mass is 10.2. The summed E-state index contributed by atoms with van der Waals surface area (Å²) in [6.07, 6.45) is 2.76. The molecule has 0 aliphatic carbocycles. The first-order valence-electron chi connectivity index (χ1n) is 3.10. The maximum atomic E-state index is 3.65. The smallest absolute Gasteiger partial charge is 0.0178 e. The molecule has 0 amide bonds. The van der Waals surface area contributed by atoms with Gasteiger partial charge < -0.3 is 0 Å². The van der Waals surface area contributed by atoms with Crippen LogP contribution >= 0.6 is 15.9 Å². The van der Waals surface area contributed by atoms with Crippen LogP contribution in [-0.2, 0) is 6.42 Å². The Labute approximate surface area is 69.7 Å². The molecule has 0 saturated carbocycles. The first-order valence-corrected chi connectivity index (χ1v) is 3.89. The molecule has 0 nitrogen and oxygen atoms in total. The van der Waals surface area contributed by atoms with E-state index in [9.17, 15) is 0 Å². The Kier molecular flexibility index (Phi) is 2.69. The zero-order valence-corrected chi connectivity index (χ0v) is 7.19. The Bertz CT molecular complexity index is 228. The molecular formula is C9H8Br. The highest BCUT2D eigenvalue weighted by molar-refractivity contribution is 9.10. The molecule has 0 aromatic heterocycles. The SMILES string of the molecule is C=CCc1[c]ccc(Br)c1. The van der Waals surface area contributed by atoms with Gasteiger partial charge in [0.15, 0.2) is 0 Å². The lowest BCUT2D eigenvalue weighted by Gasteiger charge is -1.94. The zero-order chi connectivity index (χ0) is 7.40. The van der Waals surface area contributed by atoms with Crippen LogP contribution in [0.25, 0.3) is 0 Å². The van der Waals surface area contributed by atoms with Crippen molar-refractivity contribution in [2.24, 2.45) is 0 Å². The summed E-state index contributed by atoms with van der Waals surface area (Å²) in [6, 6.07) is 9.02. The number of hydrogen-bond acceptors (Lipinski definition) is 0. The average Bonchev–Trinajstić information content (AvgIpc) is 1.88. The molecule has 0 fully saturated rings. The minimum atomic E-state index is 0.888. The standard InChI is InChI=1S/C9H8Br/c1-2-4-8-5-3-6-9(10)7-8/h2-3,6-7H,1,4H2. The summed E-state index contributed by atoms with van der Waals surface area (Å²) in [5.41, 5.74) is 1.17. The van der Waals surface area contributed by atoms with E-state index in [1.165, 1.54) is 5.56 Å². The molecule has 0 spiro atoms. The van der Waals surface area contributed by atoms with Crippen molar-refractivity contribution in [3.8, 4) is 0 Å². The summed E-state index contributed by atoms with van der Waals surface area (Å²) in [7, 11) is 0. The van der Waals surface area contributed by atoms with Gasteiger partial charge in [-0.2, -0.15) is 0 Å². The summed E-state index contributed by atoms with van der Waals surface area (Å²) < 4.78 is 1.10. The van der Waals surface area contributed by atoms with Crippen molar-refractivity contribution in [3.05, 3.63) is 47.0 Å². The molecule has 51 valence electrons. The summed E-state index contributed by atoms with van der Waals surface area (Å²) in [5, 5.41) is 0. The van der Waals surface area contributed by atoms with E-state index in [2.05, 4.69) is 28.6 Å². The quantitative estimate of drug-likeness (QED) is 0.638. The molecule has 0 aliphatic heterocycles. The molecule has 1 heteroatoms. The summed E-state index contributed by atoms with van der Waals surface area (Å²) in [5.74, 6) is 0. The molecule has 1 rings (SSSR count). The average molecular weight is 196 g/mol. The molecule has 1 aromatic rings. The molecule has 0 N–H and O–H groups in total. The van der Waals surface area contributed by atoms with Gasteiger partial charge in [-0.25, -0.2) is 0 Å². The molecule has 0 atom stereocenters. The van der Waals surface area contributed by atoms with Crippen LogP contribution in [0.15, 0.2) is 35.3 Å². The molecule has 0 heterocycles. The molecule has 1 radical (unpaired) electrons. The van der Waals surface area contributed by atoms with Crippen molar-refractivity contribution in [1.29, 1.82) is 0 Å². The molecule has 0 unspecified atom stereocenters. The van der Waals surface area contributed by atoms with Crippen LogP contribution in [-0.4, -0.2) is 0 Å².